The minimum atomic E-state index is -0.303. The zero-order valence-electron chi connectivity index (χ0n) is 21.2. The Balaban J connectivity index is 1.52. The molecule has 3 saturated carbocycles. The van der Waals surface area contributed by atoms with E-state index in [1.54, 1.807) is 0 Å². The van der Waals surface area contributed by atoms with Gasteiger partial charge in [0.2, 0.25) is 0 Å². The molecule has 2 nitrogen and oxygen atoms in total. The quantitative estimate of drug-likeness (QED) is 0.446. The van der Waals surface area contributed by atoms with Gasteiger partial charge in [0, 0.05) is 0 Å². The highest BCUT2D eigenvalue weighted by Crippen LogP contribution is 2.67. The Kier molecular flexibility index (Phi) is 6.75. The van der Waals surface area contributed by atoms with Gasteiger partial charge in [0.05, 0.1) is 12.2 Å². The summed E-state index contributed by atoms with van der Waals surface area (Å²) < 4.78 is 0. The summed E-state index contributed by atoms with van der Waals surface area (Å²) in [5, 5.41) is 21.6. The summed E-state index contributed by atoms with van der Waals surface area (Å²) >= 11 is 0. The van der Waals surface area contributed by atoms with E-state index in [0.717, 1.165) is 42.9 Å². The Morgan fingerprint density at radius 3 is 2.39 bits per heavy atom. The predicted octanol–water partition coefficient (Wildman–Crippen LogP) is 7.00. The highest BCUT2D eigenvalue weighted by molar-refractivity contribution is 5.27. The van der Waals surface area contributed by atoms with Gasteiger partial charge in [-0.25, -0.2) is 0 Å². The van der Waals surface area contributed by atoms with Crippen LogP contribution in [0.15, 0.2) is 11.6 Å². The van der Waals surface area contributed by atoms with Crippen molar-refractivity contribution in [1.82, 2.24) is 0 Å². The number of aliphatic hydroxyl groups excluding tert-OH is 2. The monoisotopic (exact) mass is 430 g/mol. The van der Waals surface area contributed by atoms with Gasteiger partial charge in [-0.1, -0.05) is 66.0 Å². The van der Waals surface area contributed by atoms with Gasteiger partial charge in [-0.05, 0) is 104 Å². The Hall–Kier alpha value is -0.340. The number of hydrogen-bond donors (Lipinski definition) is 2. The Labute approximate surface area is 192 Å². The van der Waals surface area contributed by atoms with Gasteiger partial charge in [-0.15, -0.1) is 0 Å². The first kappa shape index (κ1) is 23.8. The van der Waals surface area contributed by atoms with E-state index in [2.05, 4.69) is 47.6 Å². The zero-order valence-corrected chi connectivity index (χ0v) is 21.2. The Morgan fingerprint density at radius 1 is 0.968 bits per heavy atom. The lowest BCUT2D eigenvalue weighted by Crippen LogP contribution is -2.54. The molecule has 0 aliphatic heterocycles. The number of hydrogen-bond acceptors (Lipinski definition) is 2. The van der Waals surface area contributed by atoms with Crippen molar-refractivity contribution in [2.24, 2.45) is 52.3 Å². The van der Waals surface area contributed by atoms with Crippen LogP contribution in [0, 0.1) is 52.3 Å². The summed E-state index contributed by atoms with van der Waals surface area (Å²) in [6, 6.07) is 0. The largest absolute Gasteiger partial charge is 0.393 e. The van der Waals surface area contributed by atoms with Gasteiger partial charge in [0.15, 0.2) is 0 Å². The topological polar surface area (TPSA) is 40.5 Å². The minimum absolute atomic E-state index is 0.202. The summed E-state index contributed by atoms with van der Waals surface area (Å²) in [5.41, 5.74) is 1.97. The fourth-order valence-corrected chi connectivity index (χ4v) is 9.29. The van der Waals surface area contributed by atoms with Crippen molar-refractivity contribution in [3.05, 3.63) is 11.6 Å². The molecule has 0 unspecified atom stereocenters. The van der Waals surface area contributed by atoms with Gasteiger partial charge in [0.1, 0.15) is 0 Å². The van der Waals surface area contributed by atoms with E-state index in [0.29, 0.717) is 23.2 Å². The van der Waals surface area contributed by atoms with Crippen LogP contribution in [0.4, 0.5) is 0 Å². The Bertz CT molecular complexity index is 668. The molecular weight excluding hydrogens is 380 g/mol. The Morgan fingerprint density at radius 2 is 1.71 bits per heavy atom. The summed E-state index contributed by atoms with van der Waals surface area (Å²) in [6.45, 7) is 14.7. The van der Waals surface area contributed by atoms with Gasteiger partial charge >= 0.3 is 0 Å². The van der Waals surface area contributed by atoms with Gasteiger partial charge in [-0.3, -0.25) is 0 Å². The molecule has 31 heavy (non-hydrogen) atoms. The molecule has 0 saturated heterocycles. The summed E-state index contributed by atoms with van der Waals surface area (Å²) in [7, 11) is 0. The first-order valence-corrected chi connectivity index (χ1v) is 13.7. The van der Waals surface area contributed by atoms with E-state index < -0.39 is 0 Å². The molecule has 4 aliphatic rings. The fraction of sp³-hybridized carbons (Fsp3) is 0.931. The molecule has 0 heterocycles. The summed E-state index contributed by atoms with van der Waals surface area (Å²) in [5.74, 6) is 4.99. The van der Waals surface area contributed by atoms with Gasteiger partial charge < -0.3 is 10.2 Å². The molecule has 0 aromatic heterocycles. The van der Waals surface area contributed by atoms with E-state index in [-0.39, 0.29) is 17.6 Å². The summed E-state index contributed by atoms with van der Waals surface area (Å²) in [6.07, 6.45) is 13.9. The molecule has 4 rings (SSSR count). The molecule has 3 fully saturated rings. The van der Waals surface area contributed by atoms with Crippen LogP contribution in [0.5, 0.6) is 0 Å². The second-order valence-electron chi connectivity index (χ2n) is 13.0. The molecule has 0 aromatic rings. The lowest BCUT2D eigenvalue weighted by atomic mass is 9.46. The van der Waals surface area contributed by atoms with Crippen LogP contribution in [-0.2, 0) is 0 Å². The number of rotatable bonds is 6. The average Bonchev–Trinajstić information content (AvgIpc) is 3.06. The smallest absolute Gasteiger partial charge is 0.0757 e. The highest BCUT2D eigenvalue weighted by atomic mass is 16.3. The average molecular weight is 431 g/mol. The van der Waals surface area contributed by atoms with E-state index >= 15 is 0 Å². The maximum Gasteiger partial charge on any atom is 0.0757 e. The number of aliphatic hydroxyl groups is 2. The minimum Gasteiger partial charge on any atom is -0.393 e. The molecule has 0 bridgehead atoms. The van der Waals surface area contributed by atoms with E-state index in [1.165, 1.54) is 50.5 Å². The maximum atomic E-state index is 11.3. The van der Waals surface area contributed by atoms with Crippen molar-refractivity contribution in [1.29, 1.82) is 0 Å². The fourth-order valence-electron chi connectivity index (χ4n) is 9.29. The molecule has 0 amide bonds. The van der Waals surface area contributed by atoms with Crippen LogP contribution in [0.25, 0.3) is 0 Å². The van der Waals surface area contributed by atoms with Gasteiger partial charge in [0.25, 0.3) is 0 Å². The lowest BCUT2D eigenvalue weighted by molar-refractivity contribution is -0.0972. The molecular formula is C29H50O2. The van der Waals surface area contributed by atoms with Crippen LogP contribution in [0.3, 0.4) is 0 Å². The van der Waals surface area contributed by atoms with E-state index in [9.17, 15) is 10.2 Å². The SMILES string of the molecule is CC[C@@H](CC[C@H](C)[C@H]1CC[C@@H]2[C@@H]3[C@H](O)C=C4C[C@H](O)CC[C@@]4(C)[C@H]3CC[C@@]21C)C(C)C. The lowest BCUT2D eigenvalue weighted by Gasteiger charge is -2.59. The van der Waals surface area contributed by atoms with E-state index in [1.807, 2.05) is 0 Å². The van der Waals surface area contributed by atoms with E-state index in [4.69, 9.17) is 0 Å². The standard InChI is InChI=1S/C29H50O2/c1-7-20(18(2)3)9-8-19(4)23-10-11-24-27-25(13-15-29(23,24)6)28(5)14-12-22(30)16-21(28)17-26(27)31/h17-20,22-27,30-31H,7-16H2,1-6H3/t19-,20-,22+,23+,24+,25-,26+,27-,28+,29+/m0/s1. The third-order valence-electron chi connectivity index (χ3n) is 11.3. The summed E-state index contributed by atoms with van der Waals surface area (Å²) in [4.78, 5) is 0. The highest BCUT2D eigenvalue weighted by Gasteiger charge is 2.61. The first-order chi connectivity index (χ1) is 14.6. The third-order valence-corrected chi connectivity index (χ3v) is 11.3. The van der Waals surface area contributed by atoms with Crippen molar-refractivity contribution in [2.45, 2.75) is 118 Å². The maximum absolute atomic E-state index is 11.3. The normalized spacial score (nSPS) is 46.7. The zero-order chi connectivity index (χ0) is 22.6. The second kappa shape index (κ2) is 8.79. The molecule has 2 heteroatoms. The van der Waals surface area contributed by atoms with Crippen molar-refractivity contribution in [3.63, 3.8) is 0 Å². The van der Waals surface area contributed by atoms with Crippen LogP contribution < -0.4 is 0 Å². The van der Waals surface area contributed by atoms with Crippen molar-refractivity contribution < 1.29 is 10.2 Å². The van der Waals surface area contributed by atoms with Crippen LogP contribution >= 0.6 is 0 Å². The predicted molar refractivity (Wildman–Crippen MR) is 130 cm³/mol. The third kappa shape index (κ3) is 3.96. The molecule has 4 aliphatic carbocycles. The van der Waals surface area contributed by atoms with Crippen LogP contribution in [0.1, 0.15) is 106 Å². The molecule has 10 atom stereocenters. The van der Waals surface area contributed by atoms with Crippen molar-refractivity contribution in [2.75, 3.05) is 0 Å². The molecule has 0 radical (unpaired) electrons. The van der Waals surface area contributed by atoms with Crippen LogP contribution in [0.2, 0.25) is 0 Å². The van der Waals surface area contributed by atoms with Gasteiger partial charge in [-0.2, -0.15) is 0 Å². The molecule has 2 N–H and O–H groups in total. The van der Waals surface area contributed by atoms with Crippen molar-refractivity contribution >= 4 is 0 Å². The first-order valence-electron chi connectivity index (χ1n) is 13.7. The molecule has 178 valence electrons. The van der Waals surface area contributed by atoms with Crippen LogP contribution in [-0.4, -0.2) is 22.4 Å². The molecule has 0 aromatic carbocycles. The molecule has 0 spiro atoms. The second-order valence-corrected chi connectivity index (χ2v) is 13.0. The number of fused-ring (bicyclic) bond motifs is 5. The van der Waals surface area contributed by atoms with Crippen molar-refractivity contribution in [3.8, 4) is 0 Å².